The SMILES string of the molecule is COC(C)CNC(CN)c1ccc(C)cc1Br. The molecule has 0 radical (unpaired) electrons. The number of benzene rings is 1. The third kappa shape index (κ3) is 4.39. The lowest BCUT2D eigenvalue weighted by Gasteiger charge is -2.21. The summed E-state index contributed by atoms with van der Waals surface area (Å²) in [6, 6.07) is 6.48. The van der Waals surface area contributed by atoms with Gasteiger partial charge in [0.2, 0.25) is 0 Å². The first-order valence-electron chi connectivity index (χ1n) is 5.80. The molecule has 96 valence electrons. The highest BCUT2D eigenvalue weighted by Gasteiger charge is 2.13. The second-order valence-electron chi connectivity index (χ2n) is 4.27. The van der Waals surface area contributed by atoms with Crippen LogP contribution >= 0.6 is 15.9 Å². The van der Waals surface area contributed by atoms with Gasteiger partial charge >= 0.3 is 0 Å². The first-order chi connectivity index (χ1) is 8.08. The Morgan fingerprint density at radius 1 is 1.47 bits per heavy atom. The molecule has 0 fully saturated rings. The number of halogens is 1. The van der Waals surface area contributed by atoms with Gasteiger partial charge in [-0.3, -0.25) is 0 Å². The molecular weight excluding hydrogens is 280 g/mol. The molecule has 0 heterocycles. The normalized spacial score (nSPS) is 14.6. The van der Waals surface area contributed by atoms with Gasteiger partial charge in [-0.15, -0.1) is 0 Å². The number of rotatable bonds is 6. The maximum absolute atomic E-state index is 5.82. The molecule has 0 aliphatic rings. The van der Waals surface area contributed by atoms with Crippen LogP contribution in [-0.2, 0) is 4.74 Å². The molecule has 0 bridgehead atoms. The minimum atomic E-state index is 0.155. The Balaban J connectivity index is 2.72. The maximum atomic E-state index is 5.82. The van der Waals surface area contributed by atoms with Gasteiger partial charge in [-0.25, -0.2) is 0 Å². The van der Waals surface area contributed by atoms with Gasteiger partial charge in [0.25, 0.3) is 0 Å². The average Bonchev–Trinajstić information content (AvgIpc) is 2.31. The van der Waals surface area contributed by atoms with Crippen molar-refractivity contribution in [1.82, 2.24) is 5.32 Å². The minimum absolute atomic E-state index is 0.155. The number of methoxy groups -OCH3 is 1. The van der Waals surface area contributed by atoms with Crippen LogP contribution in [0.25, 0.3) is 0 Å². The molecule has 0 aliphatic carbocycles. The van der Waals surface area contributed by atoms with Gasteiger partial charge in [-0.2, -0.15) is 0 Å². The average molecular weight is 301 g/mol. The highest BCUT2D eigenvalue weighted by atomic mass is 79.9. The summed E-state index contributed by atoms with van der Waals surface area (Å²) in [5, 5.41) is 3.42. The number of ether oxygens (including phenoxy) is 1. The number of hydrogen-bond donors (Lipinski definition) is 2. The fourth-order valence-corrected chi connectivity index (χ4v) is 2.40. The maximum Gasteiger partial charge on any atom is 0.0667 e. The number of hydrogen-bond acceptors (Lipinski definition) is 3. The molecule has 0 spiro atoms. The smallest absolute Gasteiger partial charge is 0.0667 e. The van der Waals surface area contributed by atoms with E-state index in [4.69, 9.17) is 10.5 Å². The van der Waals surface area contributed by atoms with Crippen molar-refractivity contribution >= 4 is 15.9 Å². The molecule has 0 amide bonds. The Hall–Kier alpha value is -0.420. The van der Waals surface area contributed by atoms with Gasteiger partial charge in [-0.1, -0.05) is 28.1 Å². The van der Waals surface area contributed by atoms with Crippen LogP contribution in [0.4, 0.5) is 0 Å². The predicted molar refractivity (Wildman–Crippen MR) is 75.1 cm³/mol. The zero-order valence-corrected chi connectivity index (χ0v) is 12.3. The van der Waals surface area contributed by atoms with E-state index in [0.29, 0.717) is 6.54 Å². The third-order valence-electron chi connectivity index (χ3n) is 2.82. The highest BCUT2D eigenvalue weighted by molar-refractivity contribution is 9.10. The second kappa shape index (κ2) is 7.11. The van der Waals surface area contributed by atoms with Crippen molar-refractivity contribution in [1.29, 1.82) is 0 Å². The zero-order chi connectivity index (χ0) is 12.8. The molecule has 0 aliphatic heterocycles. The van der Waals surface area contributed by atoms with Gasteiger partial charge in [-0.05, 0) is 31.0 Å². The van der Waals surface area contributed by atoms with Crippen molar-refractivity contribution in [2.45, 2.75) is 26.0 Å². The van der Waals surface area contributed by atoms with Gasteiger partial charge in [0, 0.05) is 30.7 Å². The molecule has 4 heteroatoms. The van der Waals surface area contributed by atoms with Crippen LogP contribution in [0.15, 0.2) is 22.7 Å². The van der Waals surface area contributed by atoms with E-state index in [9.17, 15) is 0 Å². The lowest BCUT2D eigenvalue weighted by Crippen LogP contribution is -2.34. The number of nitrogens with two attached hydrogens (primary N) is 1. The molecule has 3 nitrogen and oxygen atoms in total. The van der Waals surface area contributed by atoms with Crippen molar-refractivity contribution in [3.8, 4) is 0 Å². The Morgan fingerprint density at radius 2 is 2.18 bits per heavy atom. The Kier molecular flexibility index (Phi) is 6.12. The van der Waals surface area contributed by atoms with E-state index >= 15 is 0 Å². The quantitative estimate of drug-likeness (QED) is 0.848. The Morgan fingerprint density at radius 3 is 2.71 bits per heavy atom. The summed E-state index contributed by atoms with van der Waals surface area (Å²) in [4.78, 5) is 0. The van der Waals surface area contributed by atoms with E-state index in [1.807, 2.05) is 6.92 Å². The van der Waals surface area contributed by atoms with Crippen LogP contribution in [0.3, 0.4) is 0 Å². The topological polar surface area (TPSA) is 47.3 Å². The molecule has 2 unspecified atom stereocenters. The van der Waals surface area contributed by atoms with Crippen LogP contribution in [0.5, 0.6) is 0 Å². The fourth-order valence-electron chi connectivity index (χ4n) is 1.63. The van der Waals surface area contributed by atoms with Gasteiger partial charge < -0.3 is 15.8 Å². The summed E-state index contributed by atoms with van der Waals surface area (Å²) in [5.74, 6) is 0. The molecule has 0 aromatic heterocycles. The highest BCUT2D eigenvalue weighted by Crippen LogP contribution is 2.24. The molecule has 2 atom stereocenters. The van der Waals surface area contributed by atoms with Gasteiger partial charge in [0.1, 0.15) is 0 Å². The van der Waals surface area contributed by atoms with E-state index in [1.165, 1.54) is 11.1 Å². The van der Waals surface area contributed by atoms with Crippen LogP contribution in [0, 0.1) is 6.92 Å². The summed E-state index contributed by atoms with van der Waals surface area (Å²) < 4.78 is 6.32. The molecule has 1 rings (SSSR count). The Labute approximate surface area is 112 Å². The largest absolute Gasteiger partial charge is 0.380 e. The minimum Gasteiger partial charge on any atom is -0.380 e. The van der Waals surface area contributed by atoms with Gasteiger partial charge in [0.15, 0.2) is 0 Å². The van der Waals surface area contributed by atoms with E-state index in [2.05, 4.69) is 46.4 Å². The summed E-state index contributed by atoms with van der Waals surface area (Å²) in [7, 11) is 1.71. The zero-order valence-electron chi connectivity index (χ0n) is 10.7. The summed E-state index contributed by atoms with van der Waals surface area (Å²) in [6.07, 6.45) is 0.188. The van der Waals surface area contributed by atoms with Crippen molar-refractivity contribution in [2.75, 3.05) is 20.2 Å². The summed E-state index contributed by atoms with van der Waals surface area (Å²) in [5.41, 5.74) is 8.25. The predicted octanol–water partition coefficient (Wildman–Crippen LogP) is 2.38. The van der Waals surface area contributed by atoms with Crippen LogP contribution in [-0.4, -0.2) is 26.3 Å². The van der Waals surface area contributed by atoms with E-state index < -0.39 is 0 Å². The molecule has 0 saturated carbocycles. The summed E-state index contributed by atoms with van der Waals surface area (Å²) >= 11 is 3.59. The Bertz CT molecular complexity index is 357. The van der Waals surface area contributed by atoms with Crippen LogP contribution in [0.2, 0.25) is 0 Å². The molecule has 1 aromatic rings. The van der Waals surface area contributed by atoms with Gasteiger partial charge in [0.05, 0.1) is 6.10 Å². The molecular formula is C13H21BrN2O. The standard InChI is InChI=1S/C13H21BrN2O/c1-9-4-5-11(12(14)6-9)13(7-15)16-8-10(2)17-3/h4-6,10,13,16H,7-8,15H2,1-3H3. The molecule has 0 saturated heterocycles. The first-order valence-corrected chi connectivity index (χ1v) is 6.60. The van der Waals surface area contributed by atoms with E-state index in [1.54, 1.807) is 7.11 Å². The third-order valence-corrected chi connectivity index (χ3v) is 3.51. The number of aryl methyl sites for hydroxylation is 1. The first kappa shape index (κ1) is 14.6. The molecule has 1 aromatic carbocycles. The van der Waals surface area contributed by atoms with Crippen molar-refractivity contribution < 1.29 is 4.74 Å². The van der Waals surface area contributed by atoms with Crippen LogP contribution < -0.4 is 11.1 Å². The fraction of sp³-hybridized carbons (Fsp3) is 0.538. The van der Waals surface area contributed by atoms with E-state index in [0.717, 1.165) is 11.0 Å². The van der Waals surface area contributed by atoms with Crippen LogP contribution in [0.1, 0.15) is 24.1 Å². The van der Waals surface area contributed by atoms with Crippen molar-refractivity contribution in [3.05, 3.63) is 33.8 Å². The monoisotopic (exact) mass is 300 g/mol. The molecule has 3 N–H and O–H groups in total. The second-order valence-corrected chi connectivity index (χ2v) is 5.12. The van der Waals surface area contributed by atoms with Crippen molar-refractivity contribution in [3.63, 3.8) is 0 Å². The molecule has 17 heavy (non-hydrogen) atoms. The lowest BCUT2D eigenvalue weighted by atomic mass is 10.1. The number of nitrogens with one attached hydrogen (secondary N) is 1. The van der Waals surface area contributed by atoms with E-state index in [-0.39, 0.29) is 12.1 Å². The lowest BCUT2D eigenvalue weighted by molar-refractivity contribution is 0.114. The van der Waals surface area contributed by atoms with Crippen molar-refractivity contribution in [2.24, 2.45) is 5.73 Å². The summed E-state index contributed by atoms with van der Waals surface area (Å²) in [6.45, 7) is 5.47.